The van der Waals surface area contributed by atoms with Crippen molar-refractivity contribution in [3.05, 3.63) is 24.3 Å². The minimum Gasteiger partial charge on any atom is -0.296 e. The van der Waals surface area contributed by atoms with Crippen LogP contribution in [0, 0.1) is 0 Å². The summed E-state index contributed by atoms with van der Waals surface area (Å²) in [7, 11) is 0. The minimum absolute atomic E-state index is 0.286. The molecule has 1 aromatic heterocycles. The van der Waals surface area contributed by atoms with Gasteiger partial charge < -0.3 is 0 Å². The number of hydrogen-bond acceptors (Lipinski definition) is 4. The van der Waals surface area contributed by atoms with Crippen LogP contribution < -0.4 is 5.32 Å². The van der Waals surface area contributed by atoms with Crippen LogP contribution >= 0.6 is 11.3 Å². The highest BCUT2D eigenvalue weighted by molar-refractivity contribution is 7.22. The molecule has 0 spiro atoms. The summed E-state index contributed by atoms with van der Waals surface area (Å²) in [5.41, 5.74) is 0.286. The number of carbonyl (C=O) groups is 1. The van der Waals surface area contributed by atoms with Gasteiger partial charge in [0.1, 0.15) is 0 Å². The van der Waals surface area contributed by atoms with Crippen molar-refractivity contribution in [2.75, 3.05) is 5.32 Å². The molecule has 1 heterocycles. The van der Waals surface area contributed by atoms with E-state index in [4.69, 9.17) is 0 Å². The first kappa shape index (κ1) is 17.4. The fourth-order valence-electron chi connectivity index (χ4n) is 1.44. The van der Waals surface area contributed by atoms with Crippen LogP contribution in [0.4, 0.5) is 35.9 Å². The molecule has 0 radical (unpaired) electrons. The molecule has 0 fully saturated rings. The van der Waals surface area contributed by atoms with Gasteiger partial charge in [-0.3, -0.25) is 10.1 Å². The van der Waals surface area contributed by atoms with E-state index < -0.39 is 29.4 Å². The average Bonchev–Trinajstić information content (AvgIpc) is 2.77. The number of anilines is 1. The first-order chi connectivity index (χ1) is 10.4. The van der Waals surface area contributed by atoms with Crippen molar-refractivity contribution < 1.29 is 40.3 Å². The van der Waals surface area contributed by atoms with Gasteiger partial charge in [-0.15, -0.1) is 13.2 Å². The van der Waals surface area contributed by atoms with E-state index in [0.29, 0.717) is 16.0 Å². The van der Waals surface area contributed by atoms with Crippen molar-refractivity contribution in [1.29, 1.82) is 0 Å². The zero-order chi connectivity index (χ0) is 17.5. The number of fused-ring (bicyclic) bond motifs is 1. The predicted molar refractivity (Wildman–Crippen MR) is 65.3 cm³/mol. The highest BCUT2D eigenvalue weighted by Crippen LogP contribution is 2.41. The van der Waals surface area contributed by atoms with Crippen molar-refractivity contribution >= 4 is 32.6 Å². The van der Waals surface area contributed by atoms with Crippen molar-refractivity contribution in [3.8, 4) is 0 Å². The van der Waals surface area contributed by atoms with Gasteiger partial charge in [0.25, 0.3) is 0 Å². The summed E-state index contributed by atoms with van der Waals surface area (Å²) in [6.07, 6.45) is -12.1. The molecule has 126 valence electrons. The number of thiazole rings is 1. The molecule has 4 nitrogen and oxygen atoms in total. The summed E-state index contributed by atoms with van der Waals surface area (Å²) in [6, 6.07) is 6.10. The van der Waals surface area contributed by atoms with Crippen LogP contribution in [0.5, 0.6) is 0 Å². The third-order valence-electron chi connectivity index (χ3n) is 2.41. The molecule has 12 heteroatoms. The normalized spacial score (nSPS) is 13.3. The molecule has 0 aliphatic rings. The number of amides is 1. The Morgan fingerprint density at radius 1 is 1.09 bits per heavy atom. The molecule has 0 aliphatic carbocycles. The third kappa shape index (κ3) is 3.69. The third-order valence-corrected chi connectivity index (χ3v) is 3.36. The number of para-hydroxylation sites is 1. The Morgan fingerprint density at radius 3 is 2.26 bits per heavy atom. The van der Waals surface area contributed by atoms with Crippen LogP contribution in [0.3, 0.4) is 0 Å². The van der Waals surface area contributed by atoms with Gasteiger partial charge in [-0.05, 0) is 12.1 Å². The quantitative estimate of drug-likeness (QED) is 0.837. The maximum atomic E-state index is 13.3. The lowest BCUT2D eigenvalue weighted by atomic mass is 10.3. The summed E-state index contributed by atoms with van der Waals surface area (Å²) in [4.78, 5) is 14.9. The van der Waals surface area contributed by atoms with E-state index in [1.165, 1.54) is 17.4 Å². The Hall–Kier alpha value is -1.95. The highest BCUT2D eigenvalue weighted by atomic mass is 32.1. The number of alkyl halides is 7. The van der Waals surface area contributed by atoms with E-state index in [1.807, 2.05) is 4.74 Å². The van der Waals surface area contributed by atoms with E-state index in [-0.39, 0.29) is 5.52 Å². The first-order valence-electron chi connectivity index (χ1n) is 5.62. The summed E-state index contributed by atoms with van der Waals surface area (Å²) in [5.74, 6) is -8.44. The number of hydrogen-bond donors (Lipinski definition) is 1. The second-order valence-corrected chi connectivity index (χ2v) is 5.11. The van der Waals surface area contributed by atoms with Crippen LogP contribution in [-0.2, 0) is 9.53 Å². The smallest absolute Gasteiger partial charge is 0.296 e. The number of ether oxygens (including phenoxy) is 1. The lowest BCUT2D eigenvalue weighted by Crippen LogP contribution is -2.53. The van der Waals surface area contributed by atoms with Crippen LogP contribution in [0.25, 0.3) is 10.2 Å². The Balaban J connectivity index is 2.20. The van der Waals surface area contributed by atoms with Crippen molar-refractivity contribution in [2.45, 2.75) is 18.4 Å². The lowest BCUT2D eigenvalue weighted by molar-refractivity contribution is -0.457. The standard InChI is InChI=1S/C11H5F7N2O2S/c12-9(13,10(14,15)22-11(16,17)18)7(21)20-8-19-5-3-1-2-4-6(5)23-8/h1-4H,(H,19,20,21). The van der Waals surface area contributed by atoms with Gasteiger partial charge >= 0.3 is 24.3 Å². The fraction of sp³-hybridized carbons (Fsp3) is 0.273. The maximum Gasteiger partial charge on any atom is 0.527 e. The first-order valence-corrected chi connectivity index (χ1v) is 6.43. The fourth-order valence-corrected chi connectivity index (χ4v) is 2.30. The number of nitrogens with one attached hydrogen (secondary N) is 1. The zero-order valence-corrected chi connectivity index (χ0v) is 11.4. The van der Waals surface area contributed by atoms with E-state index >= 15 is 0 Å². The Kier molecular flexibility index (Phi) is 4.24. The summed E-state index contributed by atoms with van der Waals surface area (Å²) in [5, 5.41) is 0.881. The van der Waals surface area contributed by atoms with Gasteiger partial charge in [-0.25, -0.2) is 9.72 Å². The Bertz CT molecular complexity index is 695. The molecule has 0 unspecified atom stereocenters. The van der Waals surface area contributed by atoms with E-state index in [1.54, 1.807) is 12.1 Å². The van der Waals surface area contributed by atoms with Gasteiger partial charge in [0.05, 0.1) is 10.2 Å². The molecule has 1 amide bonds. The average molecular weight is 362 g/mol. The van der Waals surface area contributed by atoms with E-state index in [2.05, 4.69) is 4.98 Å². The van der Waals surface area contributed by atoms with Gasteiger partial charge in [-0.1, -0.05) is 23.5 Å². The molecular formula is C11H5F7N2O2S. The van der Waals surface area contributed by atoms with Crippen LogP contribution in [-0.4, -0.2) is 29.3 Å². The van der Waals surface area contributed by atoms with Gasteiger partial charge in [0.2, 0.25) is 0 Å². The summed E-state index contributed by atoms with van der Waals surface area (Å²) < 4.78 is 90.0. The van der Waals surface area contributed by atoms with Crippen LogP contribution in [0.15, 0.2) is 24.3 Å². The zero-order valence-electron chi connectivity index (χ0n) is 10.6. The molecule has 0 atom stereocenters. The second-order valence-electron chi connectivity index (χ2n) is 4.08. The number of rotatable bonds is 4. The number of nitrogens with zero attached hydrogens (tertiary/aromatic N) is 1. The molecule has 1 aromatic carbocycles. The van der Waals surface area contributed by atoms with E-state index in [9.17, 15) is 35.5 Å². The molecule has 2 rings (SSSR count). The number of halogens is 7. The molecule has 0 bridgehead atoms. The molecule has 23 heavy (non-hydrogen) atoms. The largest absolute Gasteiger partial charge is 0.527 e. The maximum absolute atomic E-state index is 13.3. The molecule has 2 aromatic rings. The van der Waals surface area contributed by atoms with Gasteiger partial charge in [0, 0.05) is 0 Å². The molecule has 0 aliphatic heterocycles. The topological polar surface area (TPSA) is 51.2 Å². The lowest BCUT2D eigenvalue weighted by Gasteiger charge is -2.25. The monoisotopic (exact) mass is 362 g/mol. The number of carbonyl (C=O) groups excluding carboxylic acids is 1. The number of benzene rings is 1. The van der Waals surface area contributed by atoms with E-state index in [0.717, 1.165) is 0 Å². The van der Waals surface area contributed by atoms with Crippen LogP contribution in [0.1, 0.15) is 0 Å². The number of aromatic nitrogens is 1. The summed E-state index contributed by atoms with van der Waals surface area (Å²) in [6.45, 7) is 0. The van der Waals surface area contributed by atoms with Gasteiger partial charge in [-0.2, -0.15) is 17.6 Å². The Morgan fingerprint density at radius 2 is 1.70 bits per heavy atom. The second kappa shape index (κ2) is 5.60. The van der Waals surface area contributed by atoms with Gasteiger partial charge in [0.15, 0.2) is 5.13 Å². The van der Waals surface area contributed by atoms with Crippen molar-refractivity contribution in [3.63, 3.8) is 0 Å². The molecule has 1 N–H and O–H groups in total. The summed E-state index contributed by atoms with van der Waals surface area (Å²) >= 11 is 0.681. The molecular weight excluding hydrogens is 357 g/mol. The SMILES string of the molecule is O=C(Nc1nc2ccccc2s1)C(F)(F)C(F)(F)OC(F)(F)F. The highest BCUT2D eigenvalue weighted by Gasteiger charge is 2.67. The Labute approximate surface area is 126 Å². The van der Waals surface area contributed by atoms with Crippen LogP contribution in [0.2, 0.25) is 0 Å². The predicted octanol–water partition coefficient (Wildman–Crippen LogP) is 4.00. The van der Waals surface area contributed by atoms with Crippen molar-refractivity contribution in [2.24, 2.45) is 0 Å². The van der Waals surface area contributed by atoms with Crippen molar-refractivity contribution in [1.82, 2.24) is 4.98 Å². The minimum atomic E-state index is -6.08. The molecule has 0 saturated heterocycles. The molecule has 0 saturated carbocycles.